The Morgan fingerprint density at radius 2 is 1.10 bits per heavy atom. The molecule has 10 heavy (non-hydrogen) atoms. The minimum atomic E-state index is -0.796. The highest BCUT2D eigenvalue weighted by molar-refractivity contribution is 7.81. The zero-order chi connectivity index (χ0) is 8.31. The summed E-state index contributed by atoms with van der Waals surface area (Å²) in [4.78, 5) is 0. The van der Waals surface area contributed by atoms with Crippen molar-refractivity contribution >= 4 is 25.3 Å². The van der Waals surface area contributed by atoms with Crippen LogP contribution in [0.3, 0.4) is 0 Å². The van der Waals surface area contributed by atoms with E-state index < -0.39 is 12.2 Å². The lowest BCUT2D eigenvalue weighted by Gasteiger charge is -2.22. The van der Waals surface area contributed by atoms with E-state index in [9.17, 15) is 10.2 Å². The minimum Gasteiger partial charge on any atom is -0.389 e. The van der Waals surface area contributed by atoms with Crippen LogP contribution in [0.25, 0.3) is 0 Å². The molecule has 0 saturated carbocycles. The molecule has 4 heteroatoms. The SMILES string of the molecule is CC(S)C(O)C(O)C(C)S. The van der Waals surface area contributed by atoms with Gasteiger partial charge in [-0.15, -0.1) is 0 Å². The summed E-state index contributed by atoms with van der Waals surface area (Å²) in [5.41, 5.74) is 0. The van der Waals surface area contributed by atoms with Crippen molar-refractivity contribution in [3.8, 4) is 0 Å². The van der Waals surface area contributed by atoms with Gasteiger partial charge in [0.15, 0.2) is 0 Å². The molecule has 0 aromatic rings. The van der Waals surface area contributed by atoms with Crippen molar-refractivity contribution in [2.45, 2.75) is 36.6 Å². The maximum absolute atomic E-state index is 9.19. The Hall–Kier alpha value is 0.620. The summed E-state index contributed by atoms with van der Waals surface area (Å²) in [5.74, 6) is 0. The third kappa shape index (κ3) is 3.14. The molecule has 4 unspecified atom stereocenters. The highest BCUT2D eigenvalue weighted by Gasteiger charge is 2.23. The van der Waals surface area contributed by atoms with Gasteiger partial charge in [-0.1, -0.05) is 13.8 Å². The lowest BCUT2D eigenvalue weighted by Crippen LogP contribution is -2.38. The first-order valence-corrected chi connectivity index (χ1v) is 4.22. The van der Waals surface area contributed by atoms with Crippen molar-refractivity contribution in [2.75, 3.05) is 0 Å². The second-order valence-electron chi connectivity index (χ2n) is 2.46. The fourth-order valence-electron chi connectivity index (χ4n) is 0.571. The highest BCUT2D eigenvalue weighted by atomic mass is 32.1. The molecule has 0 aliphatic heterocycles. The summed E-state index contributed by atoms with van der Waals surface area (Å²) in [7, 11) is 0. The molecule has 2 nitrogen and oxygen atoms in total. The number of aliphatic hydroxyl groups is 2. The first-order chi connectivity index (χ1) is 4.46. The largest absolute Gasteiger partial charge is 0.389 e. The Balaban J connectivity index is 3.81. The molecule has 0 aromatic heterocycles. The summed E-state index contributed by atoms with van der Waals surface area (Å²) in [6.45, 7) is 3.46. The molecule has 0 rings (SSSR count). The maximum Gasteiger partial charge on any atom is 0.0922 e. The van der Waals surface area contributed by atoms with Gasteiger partial charge in [-0.3, -0.25) is 0 Å². The molecule has 0 spiro atoms. The smallest absolute Gasteiger partial charge is 0.0922 e. The zero-order valence-electron chi connectivity index (χ0n) is 6.10. The minimum absolute atomic E-state index is 0.218. The molecule has 0 saturated heterocycles. The van der Waals surface area contributed by atoms with Gasteiger partial charge in [0.1, 0.15) is 0 Å². The van der Waals surface area contributed by atoms with Crippen molar-refractivity contribution in [1.29, 1.82) is 0 Å². The number of rotatable bonds is 3. The number of thiol groups is 2. The van der Waals surface area contributed by atoms with Crippen LogP contribution >= 0.6 is 25.3 Å². The van der Waals surface area contributed by atoms with Crippen LogP contribution in [0.15, 0.2) is 0 Å². The van der Waals surface area contributed by atoms with Gasteiger partial charge < -0.3 is 10.2 Å². The van der Waals surface area contributed by atoms with E-state index in [-0.39, 0.29) is 10.5 Å². The van der Waals surface area contributed by atoms with Gasteiger partial charge in [-0.25, -0.2) is 0 Å². The van der Waals surface area contributed by atoms with Crippen LogP contribution in [0.1, 0.15) is 13.8 Å². The van der Waals surface area contributed by atoms with E-state index in [4.69, 9.17) is 0 Å². The van der Waals surface area contributed by atoms with Gasteiger partial charge in [0.05, 0.1) is 12.2 Å². The molecule has 0 heterocycles. The van der Waals surface area contributed by atoms with Crippen LogP contribution in [0, 0.1) is 0 Å². The van der Waals surface area contributed by atoms with Crippen molar-refractivity contribution < 1.29 is 10.2 Å². The third-order valence-electron chi connectivity index (χ3n) is 1.34. The first kappa shape index (κ1) is 10.6. The number of aliphatic hydroxyl groups excluding tert-OH is 2. The number of hydrogen-bond donors (Lipinski definition) is 4. The lowest BCUT2D eigenvalue weighted by atomic mass is 10.1. The molecule has 2 N–H and O–H groups in total. The highest BCUT2D eigenvalue weighted by Crippen LogP contribution is 2.11. The van der Waals surface area contributed by atoms with Crippen LogP contribution in [0.4, 0.5) is 0 Å². The maximum atomic E-state index is 9.19. The quantitative estimate of drug-likeness (QED) is 0.476. The Kier molecular flexibility index (Phi) is 4.77. The van der Waals surface area contributed by atoms with Crippen LogP contribution in [0.2, 0.25) is 0 Å². The Labute approximate surface area is 72.5 Å². The molecule has 0 amide bonds. The summed E-state index contributed by atoms with van der Waals surface area (Å²) in [6.07, 6.45) is -1.59. The van der Waals surface area contributed by atoms with Gasteiger partial charge in [0, 0.05) is 10.5 Å². The summed E-state index contributed by atoms with van der Waals surface area (Å²) >= 11 is 7.97. The molecule has 0 aliphatic rings. The molecule has 0 bridgehead atoms. The first-order valence-electron chi connectivity index (χ1n) is 3.19. The monoisotopic (exact) mass is 182 g/mol. The lowest BCUT2D eigenvalue weighted by molar-refractivity contribution is 0.0233. The Morgan fingerprint density at radius 1 is 0.900 bits per heavy atom. The van der Waals surface area contributed by atoms with Crippen molar-refractivity contribution in [3.63, 3.8) is 0 Å². The van der Waals surface area contributed by atoms with E-state index in [0.717, 1.165) is 0 Å². The second-order valence-corrected chi connectivity index (χ2v) is 4.09. The molecular weight excluding hydrogens is 168 g/mol. The fraction of sp³-hybridized carbons (Fsp3) is 1.00. The summed E-state index contributed by atoms with van der Waals surface area (Å²) in [5, 5.41) is 17.9. The standard InChI is InChI=1S/C6H14O2S2/c1-3(9)5(7)6(8)4(2)10/h3-10H,1-2H3. The van der Waals surface area contributed by atoms with E-state index in [1.807, 2.05) is 0 Å². The van der Waals surface area contributed by atoms with Gasteiger partial charge in [0.2, 0.25) is 0 Å². The topological polar surface area (TPSA) is 40.5 Å². The van der Waals surface area contributed by atoms with Gasteiger partial charge in [-0.05, 0) is 0 Å². The molecule has 62 valence electrons. The van der Waals surface area contributed by atoms with Crippen molar-refractivity contribution in [2.24, 2.45) is 0 Å². The van der Waals surface area contributed by atoms with Gasteiger partial charge >= 0.3 is 0 Å². The molecule has 0 radical (unpaired) electrons. The van der Waals surface area contributed by atoms with E-state index in [1.54, 1.807) is 13.8 Å². The number of hydrogen-bond acceptors (Lipinski definition) is 4. The molecule has 0 aliphatic carbocycles. The molecule has 4 atom stereocenters. The predicted octanol–water partition coefficient (Wildman–Crippen LogP) is 0.345. The normalized spacial score (nSPS) is 23.4. The zero-order valence-corrected chi connectivity index (χ0v) is 7.89. The third-order valence-corrected chi connectivity index (χ3v) is 1.95. The van der Waals surface area contributed by atoms with Crippen LogP contribution in [-0.4, -0.2) is 32.9 Å². The Morgan fingerprint density at radius 3 is 1.20 bits per heavy atom. The van der Waals surface area contributed by atoms with E-state index in [2.05, 4.69) is 25.3 Å². The summed E-state index contributed by atoms with van der Waals surface area (Å²) < 4.78 is 0. The van der Waals surface area contributed by atoms with Crippen molar-refractivity contribution in [3.05, 3.63) is 0 Å². The van der Waals surface area contributed by atoms with Gasteiger partial charge in [0.25, 0.3) is 0 Å². The van der Waals surface area contributed by atoms with Crippen LogP contribution < -0.4 is 0 Å². The van der Waals surface area contributed by atoms with Crippen LogP contribution in [-0.2, 0) is 0 Å². The van der Waals surface area contributed by atoms with Crippen molar-refractivity contribution in [1.82, 2.24) is 0 Å². The van der Waals surface area contributed by atoms with Gasteiger partial charge in [-0.2, -0.15) is 25.3 Å². The van der Waals surface area contributed by atoms with E-state index >= 15 is 0 Å². The fourth-order valence-corrected chi connectivity index (χ4v) is 0.923. The van der Waals surface area contributed by atoms with Crippen LogP contribution in [0.5, 0.6) is 0 Å². The molecule has 0 aromatic carbocycles. The Bertz CT molecular complexity index is 83.7. The van der Waals surface area contributed by atoms with E-state index in [0.29, 0.717) is 0 Å². The summed E-state index contributed by atoms with van der Waals surface area (Å²) in [6, 6.07) is 0. The van der Waals surface area contributed by atoms with E-state index in [1.165, 1.54) is 0 Å². The predicted molar refractivity (Wildman–Crippen MR) is 48.9 cm³/mol. The second kappa shape index (κ2) is 4.49. The average Bonchev–Trinajstić information content (AvgIpc) is 1.84. The average molecular weight is 182 g/mol. The molecular formula is C6H14O2S2. The molecule has 0 fully saturated rings.